The zero-order valence-electron chi connectivity index (χ0n) is 8.27. The Balaban J connectivity index is 2.43. The van der Waals surface area contributed by atoms with Gasteiger partial charge in [0.2, 0.25) is 5.78 Å². The molecule has 3 unspecified atom stereocenters. The lowest BCUT2D eigenvalue weighted by Gasteiger charge is -2.31. The summed E-state index contributed by atoms with van der Waals surface area (Å²) in [7, 11) is 1.56. The number of aliphatic hydroxyl groups excluding tert-OH is 1. The van der Waals surface area contributed by atoms with Crippen LogP contribution in [-0.4, -0.2) is 30.2 Å². The van der Waals surface area contributed by atoms with Gasteiger partial charge in [-0.1, -0.05) is 0 Å². The summed E-state index contributed by atoms with van der Waals surface area (Å²) in [6.45, 7) is 0. The van der Waals surface area contributed by atoms with Crippen LogP contribution >= 0.6 is 0 Å². The van der Waals surface area contributed by atoms with Crippen molar-refractivity contribution >= 4 is 5.78 Å². The van der Waals surface area contributed by atoms with Gasteiger partial charge in [-0.3, -0.25) is 4.79 Å². The highest BCUT2D eigenvalue weighted by atomic mass is 16.5. The predicted octanol–water partition coefficient (Wildman–Crippen LogP) is 0.645. The number of carbonyl (C=O) groups is 1. The van der Waals surface area contributed by atoms with Gasteiger partial charge >= 0.3 is 0 Å². The number of nitrogens with zero attached hydrogens (tertiary/aromatic N) is 1. The molecule has 78 valence electrons. The summed E-state index contributed by atoms with van der Waals surface area (Å²) >= 11 is 0. The van der Waals surface area contributed by atoms with E-state index in [-0.39, 0.29) is 17.8 Å². The van der Waals surface area contributed by atoms with Crippen molar-refractivity contribution < 1.29 is 14.6 Å². The molecule has 0 saturated heterocycles. The van der Waals surface area contributed by atoms with Gasteiger partial charge in [0, 0.05) is 13.5 Å². The normalized spacial score (nSPS) is 32.2. The highest BCUT2D eigenvalue weighted by molar-refractivity contribution is 5.93. The number of methoxy groups -OCH3 is 1. The van der Waals surface area contributed by atoms with Crippen LogP contribution in [-0.2, 0) is 9.53 Å². The maximum Gasteiger partial charge on any atom is 0.232 e. The van der Waals surface area contributed by atoms with Crippen molar-refractivity contribution in [3.8, 4) is 6.07 Å². The molecule has 0 aliphatic heterocycles. The van der Waals surface area contributed by atoms with Crippen molar-refractivity contribution in [2.75, 3.05) is 7.11 Å². The van der Waals surface area contributed by atoms with E-state index in [0.29, 0.717) is 19.3 Å². The van der Waals surface area contributed by atoms with Gasteiger partial charge in [-0.25, -0.2) is 0 Å². The van der Waals surface area contributed by atoms with Crippen molar-refractivity contribution in [2.45, 2.75) is 37.9 Å². The smallest absolute Gasteiger partial charge is 0.232 e. The molecular formula is C10H15NO3. The fourth-order valence-corrected chi connectivity index (χ4v) is 1.94. The zero-order valence-corrected chi connectivity index (χ0v) is 8.27. The lowest BCUT2D eigenvalue weighted by atomic mass is 9.82. The van der Waals surface area contributed by atoms with Crippen LogP contribution in [0.2, 0.25) is 0 Å². The number of Topliss-reactive ketones (excluding diaryl/α,β-unsaturated/α-hetero) is 1. The van der Waals surface area contributed by atoms with Crippen LogP contribution in [0, 0.1) is 17.2 Å². The first-order chi connectivity index (χ1) is 6.67. The molecule has 1 N–H and O–H groups in total. The molecule has 0 amide bonds. The quantitative estimate of drug-likeness (QED) is 0.674. The summed E-state index contributed by atoms with van der Waals surface area (Å²) in [5.41, 5.74) is 0. The maximum absolute atomic E-state index is 10.9. The second kappa shape index (κ2) is 5.08. The summed E-state index contributed by atoms with van der Waals surface area (Å²) in [4.78, 5) is 10.9. The minimum absolute atomic E-state index is 0.180. The molecule has 4 heteroatoms. The number of ether oxygens (including phenoxy) is 1. The Bertz CT molecular complexity index is 246. The molecule has 0 spiro atoms. The van der Waals surface area contributed by atoms with Gasteiger partial charge in [-0.2, -0.15) is 5.26 Å². The Morgan fingerprint density at radius 1 is 1.64 bits per heavy atom. The van der Waals surface area contributed by atoms with Crippen LogP contribution in [0.4, 0.5) is 0 Å². The second-order valence-electron chi connectivity index (χ2n) is 3.76. The Morgan fingerprint density at radius 2 is 2.36 bits per heavy atom. The highest BCUT2D eigenvalue weighted by Gasteiger charge is 2.29. The molecule has 1 fully saturated rings. The number of aliphatic hydroxyl groups is 1. The van der Waals surface area contributed by atoms with Gasteiger partial charge in [0.05, 0.1) is 12.2 Å². The van der Waals surface area contributed by atoms with Crippen LogP contribution < -0.4 is 0 Å². The van der Waals surface area contributed by atoms with Crippen LogP contribution in [0.1, 0.15) is 25.7 Å². The Morgan fingerprint density at radius 3 is 2.93 bits per heavy atom. The molecular weight excluding hydrogens is 182 g/mol. The van der Waals surface area contributed by atoms with E-state index < -0.39 is 6.10 Å². The summed E-state index contributed by atoms with van der Waals surface area (Å²) in [5, 5.41) is 17.9. The molecule has 0 aromatic carbocycles. The monoisotopic (exact) mass is 197 g/mol. The molecule has 4 nitrogen and oxygen atoms in total. The van der Waals surface area contributed by atoms with Crippen molar-refractivity contribution in [1.29, 1.82) is 5.26 Å². The lowest BCUT2D eigenvalue weighted by molar-refractivity contribution is -0.116. The summed E-state index contributed by atoms with van der Waals surface area (Å²) < 4.78 is 5.10. The van der Waals surface area contributed by atoms with Gasteiger partial charge in [-0.05, 0) is 25.2 Å². The highest BCUT2D eigenvalue weighted by Crippen LogP contribution is 2.28. The van der Waals surface area contributed by atoms with E-state index in [4.69, 9.17) is 10.00 Å². The number of carbonyl (C=O) groups excluding carboxylic acids is 1. The summed E-state index contributed by atoms with van der Waals surface area (Å²) in [6.07, 6.45) is 1.82. The first-order valence-corrected chi connectivity index (χ1v) is 4.81. The molecule has 14 heavy (non-hydrogen) atoms. The largest absolute Gasteiger partial charge is 0.390 e. The third-order valence-corrected chi connectivity index (χ3v) is 2.77. The van der Waals surface area contributed by atoms with E-state index in [9.17, 15) is 9.90 Å². The zero-order chi connectivity index (χ0) is 10.6. The van der Waals surface area contributed by atoms with Crippen molar-refractivity contribution in [3.63, 3.8) is 0 Å². The van der Waals surface area contributed by atoms with Gasteiger partial charge in [0.1, 0.15) is 6.07 Å². The van der Waals surface area contributed by atoms with E-state index in [1.165, 1.54) is 0 Å². The standard InChI is InChI=1S/C10H15NO3/c1-14-10-5-7(2-3-9(10)13)4-8(12)6-11/h7,9-10,13H,2-5H2,1H3. The molecule has 1 aliphatic carbocycles. The topological polar surface area (TPSA) is 70.3 Å². The number of hydrogen-bond donors (Lipinski definition) is 1. The molecule has 0 aromatic rings. The second-order valence-corrected chi connectivity index (χ2v) is 3.76. The lowest BCUT2D eigenvalue weighted by Crippen LogP contribution is -2.35. The van der Waals surface area contributed by atoms with Crippen molar-refractivity contribution in [2.24, 2.45) is 5.92 Å². The first-order valence-electron chi connectivity index (χ1n) is 4.81. The number of nitriles is 1. The van der Waals surface area contributed by atoms with Crippen LogP contribution in [0.3, 0.4) is 0 Å². The summed E-state index contributed by atoms with van der Waals surface area (Å²) in [5.74, 6) is -0.184. The number of ketones is 1. The minimum atomic E-state index is -0.423. The molecule has 1 aliphatic rings. The Kier molecular flexibility index (Phi) is 4.05. The average Bonchev–Trinajstić information content (AvgIpc) is 2.20. The minimum Gasteiger partial charge on any atom is -0.390 e. The first kappa shape index (κ1) is 11.2. The Hall–Kier alpha value is -0.920. The van der Waals surface area contributed by atoms with E-state index >= 15 is 0 Å². The third kappa shape index (κ3) is 2.79. The van der Waals surface area contributed by atoms with Crippen molar-refractivity contribution in [1.82, 2.24) is 0 Å². The van der Waals surface area contributed by atoms with Gasteiger partial charge in [0.25, 0.3) is 0 Å². The molecule has 0 heterocycles. The van der Waals surface area contributed by atoms with Gasteiger partial charge in [0.15, 0.2) is 0 Å². The fraction of sp³-hybridized carbons (Fsp3) is 0.800. The molecule has 0 bridgehead atoms. The number of rotatable bonds is 3. The molecule has 0 aromatic heterocycles. The molecule has 1 rings (SSSR count). The molecule has 1 saturated carbocycles. The van der Waals surface area contributed by atoms with E-state index in [2.05, 4.69) is 0 Å². The van der Waals surface area contributed by atoms with Gasteiger partial charge in [-0.15, -0.1) is 0 Å². The molecule has 3 atom stereocenters. The maximum atomic E-state index is 10.9. The van der Waals surface area contributed by atoms with Crippen LogP contribution in [0.15, 0.2) is 0 Å². The third-order valence-electron chi connectivity index (χ3n) is 2.77. The molecule has 0 radical (unpaired) electrons. The van der Waals surface area contributed by atoms with E-state index in [0.717, 1.165) is 6.42 Å². The van der Waals surface area contributed by atoms with Crippen LogP contribution in [0.5, 0.6) is 0 Å². The van der Waals surface area contributed by atoms with Gasteiger partial charge < -0.3 is 9.84 Å². The SMILES string of the molecule is COC1CC(CC(=O)C#N)CCC1O. The van der Waals surface area contributed by atoms with Crippen LogP contribution in [0.25, 0.3) is 0 Å². The Labute approximate surface area is 83.5 Å². The average molecular weight is 197 g/mol. The van der Waals surface area contributed by atoms with Crippen molar-refractivity contribution in [3.05, 3.63) is 0 Å². The van der Waals surface area contributed by atoms with E-state index in [1.807, 2.05) is 0 Å². The summed E-state index contributed by atoms with van der Waals surface area (Å²) in [6, 6.07) is 1.61. The van der Waals surface area contributed by atoms with E-state index in [1.54, 1.807) is 13.2 Å². The number of hydrogen-bond acceptors (Lipinski definition) is 4. The fourth-order valence-electron chi connectivity index (χ4n) is 1.94. The predicted molar refractivity (Wildman–Crippen MR) is 49.4 cm³/mol.